The first-order chi connectivity index (χ1) is 15.4. The fourth-order valence-electron chi connectivity index (χ4n) is 3.26. The third-order valence-corrected chi connectivity index (χ3v) is 6.16. The number of aromatic nitrogens is 2. The number of piperazine rings is 1. The number of anilines is 1. The van der Waals surface area contributed by atoms with Gasteiger partial charge in [0.15, 0.2) is 0 Å². The van der Waals surface area contributed by atoms with Gasteiger partial charge < -0.3 is 10.2 Å². The molecule has 32 heavy (non-hydrogen) atoms. The molecule has 0 aliphatic carbocycles. The van der Waals surface area contributed by atoms with Crippen molar-refractivity contribution in [3.63, 3.8) is 0 Å². The van der Waals surface area contributed by atoms with Crippen molar-refractivity contribution in [1.82, 2.24) is 20.0 Å². The number of nitrogens with zero attached hydrogens (tertiary/aromatic N) is 4. The molecule has 1 N–H and O–H groups in total. The molecule has 0 radical (unpaired) electrons. The number of amides is 2. The van der Waals surface area contributed by atoms with Gasteiger partial charge in [-0.15, -0.1) is 10.2 Å². The molecule has 0 spiro atoms. The largest absolute Gasteiger partial charge is 0.336 e. The minimum Gasteiger partial charge on any atom is -0.336 e. The summed E-state index contributed by atoms with van der Waals surface area (Å²) in [7, 11) is 0. The van der Waals surface area contributed by atoms with Crippen LogP contribution in [0.1, 0.15) is 25.2 Å². The van der Waals surface area contributed by atoms with E-state index in [9.17, 15) is 18.4 Å². The average Bonchev–Trinajstić information content (AvgIpc) is 3.24. The summed E-state index contributed by atoms with van der Waals surface area (Å²) >= 11 is 7.19. The molecule has 11 heteroatoms. The van der Waals surface area contributed by atoms with Gasteiger partial charge >= 0.3 is 0 Å². The Kier molecular flexibility index (Phi) is 6.73. The highest BCUT2D eigenvalue weighted by Gasteiger charge is 2.25. The van der Waals surface area contributed by atoms with Crippen molar-refractivity contribution in [2.24, 2.45) is 0 Å². The molecule has 1 aromatic heterocycles. The number of halogens is 3. The Morgan fingerprint density at radius 2 is 1.69 bits per heavy atom. The molecule has 1 saturated heterocycles. The fraction of sp³-hybridized carbons (Fsp3) is 0.238. The van der Waals surface area contributed by atoms with E-state index in [0.717, 1.165) is 6.07 Å². The van der Waals surface area contributed by atoms with Crippen LogP contribution in [0.4, 0.5) is 14.5 Å². The van der Waals surface area contributed by atoms with Gasteiger partial charge in [-0.1, -0.05) is 22.9 Å². The highest BCUT2D eigenvalue weighted by molar-refractivity contribution is 7.13. The van der Waals surface area contributed by atoms with Crippen molar-refractivity contribution in [3.05, 3.63) is 74.7 Å². The average molecular weight is 478 g/mol. The lowest BCUT2D eigenvalue weighted by atomic mass is 10.1. The van der Waals surface area contributed by atoms with E-state index in [2.05, 4.69) is 20.4 Å². The molecule has 0 unspecified atom stereocenters. The molecule has 0 bridgehead atoms. The summed E-state index contributed by atoms with van der Waals surface area (Å²) in [6, 6.07) is 9.19. The molecule has 2 heterocycles. The van der Waals surface area contributed by atoms with Gasteiger partial charge in [0.05, 0.1) is 17.1 Å². The molecule has 4 rings (SSSR count). The molecule has 2 amide bonds. The monoisotopic (exact) mass is 477 g/mol. The van der Waals surface area contributed by atoms with Gasteiger partial charge in [0, 0.05) is 31.9 Å². The molecule has 2 aromatic carbocycles. The quantitative estimate of drug-likeness (QED) is 0.606. The van der Waals surface area contributed by atoms with E-state index in [0.29, 0.717) is 43.4 Å². The molecule has 0 saturated carbocycles. The summed E-state index contributed by atoms with van der Waals surface area (Å²) in [6.07, 6.45) is 0. The molecular formula is C21H18ClF2N5O2S. The van der Waals surface area contributed by atoms with E-state index >= 15 is 0 Å². The lowest BCUT2D eigenvalue weighted by molar-refractivity contribution is 0.0628. The van der Waals surface area contributed by atoms with Crippen LogP contribution in [0.25, 0.3) is 0 Å². The molecular weight excluding hydrogens is 460 g/mol. The number of carbonyl (C=O) groups excluding carboxylic acids is 2. The van der Waals surface area contributed by atoms with Gasteiger partial charge in [0.1, 0.15) is 16.6 Å². The van der Waals surface area contributed by atoms with Gasteiger partial charge in [-0.3, -0.25) is 14.5 Å². The van der Waals surface area contributed by atoms with Crippen molar-refractivity contribution >= 4 is 40.4 Å². The fourth-order valence-corrected chi connectivity index (χ4v) is 4.29. The number of carbonyl (C=O) groups is 2. The number of nitrogens with one attached hydrogen (secondary N) is 1. The standard InChI is InChI=1S/C21H18ClF2N5O2S/c22-17-11-14(24)3-6-16(17)21(31)29-9-7-28(8-10-29)12-18-26-27-20(32-18)19(30)25-15-4-1-13(23)2-5-15/h1-6,11H,7-10,12H2,(H,25,30). The molecule has 0 atom stereocenters. The molecule has 1 fully saturated rings. The Balaban J connectivity index is 1.30. The number of hydrogen-bond acceptors (Lipinski definition) is 6. The highest BCUT2D eigenvalue weighted by Crippen LogP contribution is 2.21. The smallest absolute Gasteiger partial charge is 0.286 e. The van der Waals surface area contributed by atoms with Crippen LogP contribution in [0.5, 0.6) is 0 Å². The molecule has 166 valence electrons. The first-order valence-electron chi connectivity index (χ1n) is 9.75. The Hall–Kier alpha value is -2.95. The molecule has 1 aliphatic heterocycles. The Morgan fingerprint density at radius 3 is 2.38 bits per heavy atom. The summed E-state index contributed by atoms with van der Waals surface area (Å²) in [4.78, 5) is 28.8. The summed E-state index contributed by atoms with van der Waals surface area (Å²) in [5.74, 6) is -1.51. The number of rotatable bonds is 5. The van der Waals surface area contributed by atoms with Crippen molar-refractivity contribution in [2.45, 2.75) is 6.54 Å². The minimum absolute atomic E-state index is 0.0951. The molecule has 1 aliphatic rings. The zero-order chi connectivity index (χ0) is 22.7. The van der Waals surface area contributed by atoms with E-state index < -0.39 is 11.7 Å². The first kappa shape index (κ1) is 22.3. The van der Waals surface area contributed by atoms with Crippen LogP contribution < -0.4 is 5.32 Å². The maximum Gasteiger partial charge on any atom is 0.286 e. The number of hydrogen-bond donors (Lipinski definition) is 1. The second kappa shape index (κ2) is 9.68. The van der Waals surface area contributed by atoms with Crippen LogP contribution in [-0.4, -0.2) is 58.0 Å². The topological polar surface area (TPSA) is 78.4 Å². The minimum atomic E-state index is -0.487. The summed E-state index contributed by atoms with van der Waals surface area (Å²) in [5, 5.41) is 11.7. The van der Waals surface area contributed by atoms with Crippen LogP contribution in [0.15, 0.2) is 42.5 Å². The van der Waals surface area contributed by atoms with Crippen LogP contribution in [0.3, 0.4) is 0 Å². The summed E-state index contributed by atoms with van der Waals surface area (Å²) < 4.78 is 26.2. The second-order valence-corrected chi connectivity index (χ2v) is 8.62. The molecule has 3 aromatic rings. The maximum absolute atomic E-state index is 13.2. The highest BCUT2D eigenvalue weighted by atomic mass is 35.5. The van der Waals surface area contributed by atoms with Crippen LogP contribution in [-0.2, 0) is 6.54 Å². The number of benzene rings is 2. The predicted octanol–water partition coefficient (Wildman–Crippen LogP) is 3.68. The lowest BCUT2D eigenvalue weighted by Gasteiger charge is -2.34. The second-order valence-electron chi connectivity index (χ2n) is 7.15. The normalized spacial score (nSPS) is 14.4. The van der Waals surface area contributed by atoms with Gasteiger partial charge in [-0.25, -0.2) is 8.78 Å². The first-order valence-corrected chi connectivity index (χ1v) is 10.9. The Morgan fingerprint density at radius 1 is 1.00 bits per heavy atom. The van der Waals surface area contributed by atoms with E-state index in [1.807, 2.05) is 0 Å². The van der Waals surface area contributed by atoms with Crippen molar-refractivity contribution in [3.8, 4) is 0 Å². The van der Waals surface area contributed by atoms with Crippen LogP contribution in [0, 0.1) is 11.6 Å². The van der Waals surface area contributed by atoms with Gasteiger partial charge in [-0.2, -0.15) is 0 Å². The predicted molar refractivity (Wildman–Crippen MR) is 117 cm³/mol. The lowest BCUT2D eigenvalue weighted by Crippen LogP contribution is -2.48. The zero-order valence-corrected chi connectivity index (χ0v) is 18.3. The van der Waals surface area contributed by atoms with E-state index in [1.54, 1.807) is 4.90 Å². The summed E-state index contributed by atoms with van der Waals surface area (Å²) in [5.41, 5.74) is 0.748. The third-order valence-electron chi connectivity index (χ3n) is 4.94. The van der Waals surface area contributed by atoms with Crippen molar-refractivity contribution in [2.75, 3.05) is 31.5 Å². The third kappa shape index (κ3) is 5.26. The maximum atomic E-state index is 13.2. The Labute approximate surface area is 191 Å². The van der Waals surface area contributed by atoms with Crippen LogP contribution in [0.2, 0.25) is 5.02 Å². The van der Waals surface area contributed by atoms with Gasteiger partial charge in [-0.05, 0) is 42.5 Å². The van der Waals surface area contributed by atoms with Crippen LogP contribution >= 0.6 is 22.9 Å². The van der Waals surface area contributed by atoms with Gasteiger partial charge in [0.2, 0.25) is 5.01 Å². The van der Waals surface area contributed by atoms with Crippen molar-refractivity contribution < 1.29 is 18.4 Å². The van der Waals surface area contributed by atoms with E-state index in [1.165, 1.54) is 47.7 Å². The Bertz CT molecular complexity index is 1130. The SMILES string of the molecule is O=C(Nc1ccc(F)cc1)c1nnc(CN2CCN(C(=O)c3ccc(F)cc3Cl)CC2)s1. The van der Waals surface area contributed by atoms with E-state index in [-0.39, 0.29) is 27.3 Å². The molecule has 7 nitrogen and oxygen atoms in total. The van der Waals surface area contributed by atoms with Gasteiger partial charge in [0.25, 0.3) is 11.8 Å². The van der Waals surface area contributed by atoms with E-state index in [4.69, 9.17) is 11.6 Å². The van der Waals surface area contributed by atoms with Crippen molar-refractivity contribution in [1.29, 1.82) is 0 Å². The zero-order valence-electron chi connectivity index (χ0n) is 16.7. The summed E-state index contributed by atoms with van der Waals surface area (Å²) in [6.45, 7) is 2.70.